The van der Waals surface area contributed by atoms with Crippen molar-refractivity contribution in [3.05, 3.63) is 65.2 Å². The fourth-order valence-corrected chi connectivity index (χ4v) is 1.93. The predicted molar refractivity (Wildman–Crippen MR) is 84.1 cm³/mol. The van der Waals surface area contributed by atoms with E-state index < -0.39 is 0 Å². The van der Waals surface area contributed by atoms with Gasteiger partial charge < -0.3 is 9.47 Å². The first-order chi connectivity index (χ1) is 10.7. The Balaban J connectivity index is 2.17. The standard InChI is InChI=1S/C18H15NO3/c1-21-17-10-8-15(11-18(17)22-2)16(20)9-7-13-3-5-14(12-19)6-4-13/h3-11H,1-2H3/b9-7-. The molecule has 0 fully saturated rings. The fraction of sp³-hybridized carbons (Fsp3) is 0.111. The molecule has 0 aromatic heterocycles. The molecule has 4 nitrogen and oxygen atoms in total. The normalized spacial score (nSPS) is 10.2. The molecular formula is C18H15NO3. The molecule has 0 radical (unpaired) electrons. The van der Waals surface area contributed by atoms with Gasteiger partial charge in [-0.15, -0.1) is 0 Å². The average Bonchev–Trinajstić information content (AvgIpc) is 2.59. The summed E-state index contributed by atoms with van der Waals surface area (Å²) >= 11 is 0. The van der Waals surface area contributed by atoms with Gasteiger partial charge in [0.05, 0.1) is 25.9 Å². The van der Waals surface area contributed by atoms with Crippen molar-refractivity contribution in [2.75, 3.05) is 14.2 Å². The van der Waals surface area contributed by atoms with E-state index in [-0.39, 0.29) is 5.78 Å². The van der Waals surface area contributed by atoms with Crippen LogP contribution in [0.15, 0.2) is 48.5 Å². The lowest BCUT2D eigenvalue weighted by atomic mass is 10.1. The summed E-state index contributed by atoms with van der Waals surface area (Å²) in [6.07, 6.45) is 3.20. The van der Waals surface area contributed by atoms with E-state index in [1.807, 2.05) is 0 Å². The van der Waals surface area contributed by atoms with Gasteiger partial charge in [0.2, 0.25) is 0 Å². The van der Waals surface area contributed by atoms with E-state index in [0.717, 1.165) is 5.56 Å². The van der Waals surface area contributed by atoms with E-state index in [4.69, 9.17) is 14.7 Å². The molecule has 2 rings (SSSR count). The van der Waals surface area contributed by atoms with Crippen LogP contribution in [-0.2, 0) is 0 Å². The number of nitriles is 1. The van der Waals surface area contributed by atoms with Crippen molar-refractivity contribution in [3.8, 4) is 17.6 Å². The van der Waals surface area contributed by atoms with Gasteiger partial charge in [-0.05, 0) is 42.0 Å². The van der Waals surface area contributed by atoms with Crippen molar-refractivity contribution in [1.82, 2.24) is 0 Å². The number of hydrogen-bond donors (Lipinski definition) is 0. The minimum atomic E-state index is -0.134. The van der Waals surface area contributed by atoms with Gasteiger partial charge in [0.1, 0.15) is 0 Å². The molecule has 2 aromatic carbocycles. The minimum absolute atomic E-state index is 0.134. The molecule has 0 saturated carbocycles. The number of carbonyl (C=O) groups excluding carboxylic acids is 1. The van der Waals surface area contributed by atoms with Crippen molar-refractivity contribution in [2.45, 2.75) is 0 Å². The molecule has 0 aliphatic rings. The van der Waals surface area contributed by atoms with Crippen LogP contribution in [0, 0.1) is 11.3 Å². The van der Waals surface area contributed by atoms with E-state index in [1.54, 1.807) is 55.7 Å². The Hall–Kier alpha value is -3.06. The Labute approximate surface area is 129 Å². The van der Waals surface area contributed by atoms with Gasteiger partial charge in [-0.3, -0.25) is 4.79 Å². The summed E-state index contributed by atoms with van der Waals surface area (Å²) < 4.78 is 10.3. The molecule has 0 amide bonds. The van der Waals surface area contributed by atoms with Crippen LogP contribution in [0.5, 0.6) is 11.5 Å². The smallest absolute Gasteiger partial charge is 0.185 e. The lowest BCUT2D eigenvalue weighted by molar-refractivity contribution is 0.104. The summed E-state index contributed by atoms with van der Waals surface area (Å²) in [4.78, 5) is 12.2. The van der Waals surface area contributed by atoms with E-state index in [2.05, 4.69) is 6.07 Å². The van der Waals surface area contributed by atoms with Gasteiger partial charge >= 0.3 is 0 Å². The van der Waals surface area contributed by atoms with Crippen LogP contribution in [0.2, 0.25) is 0 Å². The van der Waals surface area contributed by atoms with Crippen LogP contribution in [0.4, 0.5) is 0 Å². The van der Waals surface area contributed by atoms with Crippen LogP contribution < -0.4 is 9.47 Å². The second-order valence-corrected chi connectivity index (χ2v) is 4.50. The molecule has 0 unspecified atom stereocenters. The van der Waals surface area contributed by atoms with Gasteiger partial charge in [0, 0.05) is 5.56 Å². The molecule has 0 bridgehead atoms. The van der Waals surface area contributed by atoms with Gasteiger partial charge in [0.15, 0.2) is 17.3 Å². The van der Waals surface area contributed by atoms with Crippen LogP contribution in [-0.4, -0.2) is 20.0 Å². The van der Waals surface area contributed by atoms with Crippen LogP contribution in [0.1, 0.15) is 21.5 Å². The maximum atomic E-state index is 12.2. The number of carbonyl (C=O) groups is 1. The second-order valence-electron chi connectivity index (χ2n) is 4.50. The van der Waals surface area contributed by atoms with Crippen molar-refractivity contribution in [1.29, 1.82) is 5.26 Å². The molecule has 0 aliphatic carbocycles. The van der Waals surface area contributed by atoms with E-state index in [0.29, 0.717) is 22.6 Å². The molecule has 0 atom stereocenters. The molecule has 0 N–H and O–H groups in total. The Kier molecular flexibility index (Phi) is 4.94. The predicted octanol–water partition coefficient (Wildman–Crippen LogP) is 3.47. The number of nitrogens with zero attached hydrogens (tertiary/aromatic N) is 1. The Morgan fingerprint density at radius 3 is 2.32 bits per heavy atom. The van der Waals surface area contributed by atoms with E-state index in [9.17, 15) is 4.79 Å². The van der Waals surface area contributed by atoms with Crippen molar-refractivity contribution in [2.24, 2.45) is 0 Å². The Bertz CT molecular complexity index is 740. The first-order valence-electron chi connectivity index (χ1n) is 6.62. The highest BCUT2D eigenvalue weighted by Gasteiger charge is 2.08. The monoisotopic (exact) mass is 293 g/mol. The molecule has 0 heterocycles. The van der Waals surface area contributed by atoms with Crippen molar-refractivity contribution >= 4 is 11.9 Å². The average molecular weight is 293 g/mol. The Morgan fingerprint density at radius 2 is 1.73 bits per heavy atom. The number of methoxy groups -OCH3 is 2. The van der Waals surface area contributed by atoms with Crippen molar-refractivity contribution < 1.29 is 14.3 Å². The molecular weight excluding hydrogens is 278 g/mol. The maximum absolute atomic E-state index is 12.2. The van der Waals surface area contributed by atoms with Crippen LogP contribution in [0.25, 0.3) is 6.08 Å². The molecule has 110 valence electrons. The summed E-state index contributed by atoms with van der Waals surface area (Å²) in [6.45, 7) is 0. The van der Waals surface area contributed by atoms with Gasteiger partial charge in [-0.25, -0.2) is 0 Å². The number of benzene rings is 2. The first-order valence-corrected chi connectivity index (χ1v) is 6.62. The summed E-state index contributed by atoms with van der Waals surface area (Å²) in [5.74, 6) is 0.959. The highest BCUT2D eigenvalue weighted by Crippen LogP contribution is 2.27. The van der Waals surface area contributed by atoms with Gasteiger partial charge in [0.25, 0.3) is 0 Å². The van der Waals surface area contributed by atoms with E-state index in [1.165, 1.54) is 13.2 Å². The molecule has 0 saturated heterocycles. The first kappa shape index (κ1) is 15.3. The summed E-state index contributed by atoms with van der Waals surface area (Å²) in [5.41, 5.74) is 1.96. The second kappa shape index (κ2) is 7.09. The number of hydrogen-bond acceptors (Lipinski definition) is 4. The number of allylic oxidation sites excluding steroid dienone is 1. The summed E-state index contributed by atoms with van der Waals surface area (Å²) in [7, 11) is 3.07. The van der Waals surface area contributed by atoms with Crippen LogP contribution >= 0.6 is 0 Å². The third kappa shape index (κ3) is 3.53. The van der Waals surface area contributed by atoms with Gasteiger partial charge in [-0.2, -0.15) is 5.26 Å². The largest absolute Gasteiger partial charge is 0.493 e. The number of ketones is 1. The minimum Gasteiger partial charge on any atom is -0.493 e. The molecule has 0 spiro atoms. The zero-order valence-corrected chi connectivity index (χ0v) is 12.4. The molecule has 2 aromatic rings. The number of rotatable bonds is 5. The topological polar surface area (TPSA) is 59.3 Å². The summed E-state index contributed by atoms with van der Waals surface area (Å²) in [5, 5.41) is 8.74. The highest BCUT2D eigenvalue weighted by molar-refractivity contribution is 6.07. The van der Waals surface area contributed by atoms with Crippen LogP contribution in [0.3, 0.4) is 0 Å². The summed E-state index contributed by atoms with van der Waals surface area (Å²) in [6, 6.07) is 14.1. The zero-order valence-electron chi connectivity index (χ0n) is 12.4. The number of ether oxygens (including phenoxy) is 2. The quantitative estimate of drug-likeness (QED) is 0.625. The third-order valence-corrected chi connectivity index (χ3v) is 3.13. The molecule has 4 heteroatoms. The SMILES string of the molecule is COc1ccc(C(=O)/C=C\c2ccc(C#N)cc2)cc1OC. The molecule has 0 aliphatic heterocycles. The molecule has 22 heavy (non-hydrogen) atoms. The third-order valence-electron chi connectivity index (χ3n) is 3.13. The highest BCUT2D eigenvalue weighted by atomic mass is 16.5. The maximum Gasteiger partial charge on any atom is 0.185 e. The van der Waals surface area contributed by atoms with Crippen molar-refractivity contribution in [3.63, 3.8) is 0 Å². The van der Waals surface area contributed by atoms with E-state index >= 15 is 0 Å². The lowest BCUT2D eigenvalue weighted by Gasteiger charge is -2.07. The lowest BCUT2D eigenvalue weighted by Crippen LogP contribution is -1.97. The fourth-order valence-electron chi connectivity index (χ4n) is 1.93. The van der Waals surface area contributed by atoms with Gasteiger partial charge in [-0.1, -0.05) is 18.2 Å². The zero-order chi connectivity index (χ0) is 15.9. The Morgan fingerprint density at radius 1 is 1.05 bits per heavy atom.